The van der Waals surface area contributed by atoms with Crippen molar-refractivity contribution >= 4 is 17.5 Å². The van der Waals surface area contributed by atoms with Gasteiger partial charge in [-0.3, -0.25) is 9.88 Å². The highest BCUT2D eigenvalue weighted by Crippen LogP contribution is 2.41. The number of alkyl halides is 2. The van der Waals surface area contributed by atoms with Crippen LogP contribution in [0.3, 0.4) is 0 Å². The van der Waals surface area contributed by atoms with Crippen LogP contribution in [0.4, 0.5) is 25.1 Å². The van der Waals surface area contributed by atoms with Gasteiger partial charge in [-0.25, -0.2) is 18.6 Å². The molecule has 5 rings (SSSR count). The van der Waals surface area contributed by atoms with Gasteiger partial charge in [0.25, 0.3) is 5.92 Å². The molecule has 2 fully saturated rings. The van der Waals surface area contributed by atoms with E-state index < -0.39 is 12.0 Å². The molecule has 28 heavy (non-hydrogen) atoms. The van der Waals surface area contributed by atoms with Gasteiger partial charge >= 0.3 is 6.03 Å². The summed E-state index contributed by atoms with van der Waals surface area (Å²) in [5.74, 6) is -2.07. The van der Waals surface area contributed by atoms with Gasteiger partial charge in [0.05, 0.1) is 17.4 Å². The van der Waals surface area contributed by atoms with Gasteiger partial charge in [-0.05, 0) is 37.6 Å². The fourth-order valence-electron chi connectivity index (χ4n) is 4.26. The Morgan fingerprint density at radius 2 is 2.07 bits per heavy atom. The van der Waals surface area contributed by atoms with Crippen molar-refractivity contribution in [3.05, 3.63) is 36.2 Å². The number of aromatic nitrogens is 2. The number of rotatable bonds is 2. The zero-order valence-electron chi connectivity index (χ0n) is 15.5. The predicted molar refractivity (Wildman–Crippen MR) is 102 cm³/mol. The topological polar surface area (TPSA) is 61.4 Å². The highest BCUT2D eigenvalue weighted by molar-refractivity contribution is 5.97. The van der Waals surface area contributed by atoms with Crippen molar-refractivity contribution in [3.8, 4) is 11.3 Å². The molecule has 1 aliphatic carbocycles. The van der Waals surface area contributed by atoms with Crippen molar-refractivity contribution in [1.82, 2.24) is 15.3 Å². The quantitative estimate of drug-likeness (QED) is 0.861. The van der Waals surface area contributed by atoms with Crippen LogP contribution in [-0.4, -0.2) is 47.1 Å². The van der Waals surface area contributed by atoms with E-state index in [1.54, 1.807) is 11.1 Å². The molecule has 0 spiro atoms. The monoisotopic (exact) mass is 385 g/mol. The van der Waals surface area contributed by atoms with Crippen LogP contribution in [-0.2, 0) is 0 Å². The Hall–Kier alpha value is -2.77. The molecular formula is C20H21F2N5O. The number of nitrogens with one attached hydrogen (secondary N) is 1. The number of carbonyl (C=O) groups excluding carboxylic acids is 1. The zero-order chi connectivity index (χ0) is 19.5. The maximum absolute atomic E-state index is 13.1. The van der Waals surface area contributed by atoms with Crippen LogP contribution in [0.15, 0.2) is 30.5 Å². The molecule has 8 heteroatoms. The maximum Gasteiger partial charge on any atom is 0.323 e. The maximum atomic E-state index is 13.1. The highest BCUT2D eigenvalue weighted by atomic mass is 19.3. The number of aryl methyl sites for hydroxylation is 1. The lowest BCUT2D eigenvalue weighted by Gasteiger charge is -2.40. The number of halogens is 2. The first-order valence-electron chi connectivity index (χ1n) is 9.56. The molecule has 2 aromatic heterocycles. The molecular weight excluding hydrogens is 364 g/mol. The summed E-state index contributed by atoms with van der Waals surface area (Å²) in [7, 11) is 0. The largest absolute Gasteiger partial charge is 0.366 e. The van der Waals surface area contributed by atoms with Gasteiger partial charge in [-0.15, -0.1) is 0 Å². The number of hydrogen-bond donors (Lipinski definition) is 1. The van der Waals surface area contributed by atoms with Crippen LogP contribution in [0.25, 0.3) is 11.3 Å². The van der Waals surface area contributed by atoms with Gasteiger partial charge in [0, 0.05) is 49.4 Å². The summed E-state index contributed by atoms with van der Waals surface area (Å²) in [4.78, 5) is 25.9. The minimum absolute atomic E-state index is 0.00646. The smallest absolute Gasteiger partial charge is 0.323 e. The first-order chi connectivity index (χ1) is 13.4. The molecule has 0 aromatic carbocycles. The van der Waals surface area contributed by atoms with Gasteiger partial charge < -0.3 is 10.2 Å². The summed E-state index contributed by atoms with van der Waals surface area (Å²) in [6.07, 6.45) is 2.02. The average Bonchev–Trinajstić information content (AvgIpc) is 3.05. The number of hydrogen-bond acceptors (Lipinski definition) is 4. The molecule has 2 amide bonds. The molecule has 146 valence electrons. The first kappa shape index (κ1) is 17.3. The number of anilines is 2. The summed E-state index contributed by atoms with van der Waals surface area (Å²) in [6, 6.07) is 6.99. The average molecular weight is 385 g/mol. The molecule has 2 aliphatic heterocycles. The second kappa shape index (κ2) is 6.12. The Labute approximate surface area is 161 Å². The normalized spacial score (nSPS) is 22.6. The molecule has 4 heterocycles. The summed E-state index contributed by atoms with van der Waals surface area (Å²) < 4.78 is 26.3. The lowest BCUT2D eigenvalue weighted by Crippen LogP contribution is -2.57. The predicted octanol–water partition coefficient (Wildman–Crippen LogP) is 3.36. The van der Waals surface area contributed by atoms with E-state index in [0.717, 1.165) is 42.1 Å². The highest BCUT2D eigenvalue weighted by Gasteiger charge is 2.47. The second-order valence-corrected chi connectivity index (χ2v) is 7.90. The van der Waals surface area contributed by atoms with Crippen molar-refractivity contribution in [1.29, 1.82) is 0 Å². The Morgan fingerprint density at radius 1 is 1.25 bits per heavy atom. The third kappa shape index (κ3) is 2.87. The van der Waals surface area contributed by atoms with E-state index in [2.05, 4.69) is 15.2 Å². The molecule has 2 aromatic rings. The number of fused-ring (bicyclic) bond motifs is 4. The summed E-state index contributed by atoms with van der Waals surface area (Å²) in [5.41, 5.74) is 3.44. The fourth-order valence-corrected chi connectivity index (χ4v) is 4.26. The Morgan fingerprint density at radius 3 is 2.79 bits per heavy atom. The minimum atomic E-state index is -2.66. The molecule has 1 unspecified atom stereocenters. The number of carbonyl (C=O) groups is 1. The zero-order valence-corrected chi connectivity index (χ0v) is 15.5. The van der Waals surface area contributed by atoms with Gasteiger partial charge in [-0.1, -0.05) is 0 Å². The third-order valence-corrected chi connectivity index (χ3v) is 5.80. The van der Waals surface area contributed by atoms with Gasteiger partial charge in [0.15, 0.2) is 5.82 Å². The van der Waals surface area contributed by atoms with Crippen LogP contribution in [0.2, 0.25) is 0 Å². The summed E-state index contributed by atoms with van der Waals surface area (Å²) in [6.45, 7) is 3.52. The van der Waals surface area contributed by atoms with E-state index in [1.807, 2.05) is 31.2 Å². The molecule has 6 nitrogen and oxygen atoms in total. The van der Waals surface area contributed by atoms with Crippen molar-refractivity contribution < 1.29 is 13.6 Å². The van der Waals surface area contributed by atoms with Crippen molar-refractivity contribution in [3.63, 3.8) is 0 Å². The SMILES string of the molecule is Cc1ccc(-c2ccc3c(n2)N(C(=O)NC2CC(F)(F)C2)C2CCN3C2)cn1. The van der Waals surface area contributed by atoms with Gasteiger partial charge in [-0.2, -0.15) is 0 Å². The van der Waals surface area contributed by atoms with E-state index in [1.165, 1.54) is 0 Å². The second-order valence-electron chi connectivity index (χ2n) is 7.90. The molecule has 2 bridgehead atoms. The Bertz CT molecular complexity index is 925. The number of pyridine rings is 2. The minimum Gasteiger partial charge on any atom is -0.366 e. The van der Waals surface area contributed by atoms with Crippen LogP contribution < -0.4 is 15.1 Å². The fraction of sp³-hybridized carbons (Fsp3) is 0.450. The lowest BCUT2D eigenvalue weighted by molar-refractivity contribution is -0.0895. The molecule has 0 radical (unpaired) electrons. The van der Waals surface area contributed by atoms with Crippen molar-refractivity contribution in [2.45, 2.75) is 44.2 Å². The standard InChI is InChI=1S/C20H21F2N5O/c1-12-2-3-13(10-23-12)16-4-5-17-18(25-16)27(15-6-7-26(17)11-15)19(28)24-14-8-20(21,22)9-14/h2-5,10,14-15H,6-9,11H2,1H3,(H,24,28). The number of nitrogens with zero attached hydrogens (tertiary/aromatic N) is 4. The van der Waals surface area contributed by atoms with E-state index >= 15 is 0 Å². The van der Waals surface area contributed by atoms with E-state index in [9.17, 15) is 13.6 Å². The summed E-state index contributed by atoms with van der Waals surface area (Å²) >= 11 is 0. The third-order valence-electron chi connectivity index (χ3n) is 5.80. The van der Waals surface area contributed by atoms with Gasteiger partial charge in [0.1, 0.15) is 0 Å². The lowest BCUT2D eigenvalue weighted by atomic mass is 9.88. The molecule has 3 aliphatic rings. The molecule has 1 atom stereocenters. The van der Waals surface area contributed by atoms with E-state index in [0.29, 0.717) is 5.82 Å². The van der Waals surface area contributed by atoms with Gasteiger partial charge in [0.2, 0.25) is 0 Å². The Balaban J connectivity index is 1.47. The van der Waals surface area contributed by atoms with Crippen molar-refractivity contribution in [2.24, 2.45) is 0 Å². The molecule has 1 saturated carbocycles. The van der Waals surface area contributed by atoms with Crippen LogP contribution >= 0.6 is 0 Å². The molecule has 1 N–H and O–H groups in total. The number of urea groups is 1. The first-order valence-corrected chi connectivity index (χ1v) is 9.56. The van der Waals surface area contributed by atoms with E-state index in [-0.39, 0.29) is 24.9 Å². The van der Waals surface area contributed by atoms with Crippen LogP contribution in [0.5, 0.6) is 0 Å². The number of amides is 2. The van der Waals surface area contributed by atoms with Crippen molar-refractivity contribution in [2.75, 3.05) is 22.9 Å². The molecule has 1 saturated heterocycles. The summed E-state index contributed by atoms with van der Waals surface area (Å²) in [5, 5.41) is 2.77. The van der Waals surface area contributed by atoms with E-state index in [4.69, 9.17) is 4.98 Å². The Kier molecular flexibility index (Phi) is 3.79. The van der Waals surface area contributed by atoms with Crippen LogP contribution in [0, 0.1) is 6.92 Å². The van der Waals surface area contributed by atoms with Crippen LogP contribution in [0.1, 0.15) is 25.0 Å².